The van der Waals surface area contributed by atoms with E-state index in [1.165, 1.54) is 146 Å². The first kappa shape index (κ1) is 48.1. The monoisotopic (exact) mass is 1010 g/mol. The molecule has 0 fully saturated rings. The van der Waals surface area contributed by atoms with Crippen LogP contribution in [0.15, 0.2) is 237 Å². The van der Waals surface area contributed by atoms with Crippen LogP contribution in [-0.4, -0.2) is 0 Å². The summed E-state index contributed by atoms with van der Waals surface area (Å²) in [5.74, 6) is -3.12. The molecule has 0 unspecified atom stereocenters. The molecule has 354 valence electrons. The van der Waals surface area contributed by atoms with Crippen molar-refractivity contribution in [3.05, 3.63) is 271 Å². The van der Waals surface area contributed by atoms with E-state index in [-0.39, 0.29) is 0 Å². The number of hydrogen-bond donors (Lipinski definition) is 0. The molecule has 0 aliphatic rings. The highest BCUT2D eigenvalue weighted by Gasteiger charge is 2.33. The highest BCUT2D eigenvalue weighted by molar-refractivity contribution is 7.86. The van der Waals surface area contributed by atoms with Crippen molar-refractivity contribution in [1.29, 1.82) is 0 Å². The van der Waals surface area contributed by atoms with Crippen molar-refractivity contribution in [2.45, 2.75) is 0 Å². The van der Waals surface area contributed by atoms with Crippen molar-refractivity contribution in [3.8, 4) is 33.4 Å². The van der Waals surface area contributed by atoms with Crippen molar-refractivity contribution in [2.24, 2.45) is 0 Å². The minimum Gasteiger partial charge on any atom is -0.309 e. The number of halogens is 6. The zero-order valence-corrected chi connectivity index (χ0v) is 40.5. The van der Waals surface area contributed by atoms with Crippen LogP contribution in [0, 0.1) is 34.9 Å². The van der Waals surface area contributed by atoms with Crippen molar-refractivity contribution < 1.29 is 40.0 Å². The first-order chi connectivity index (χ1) is 34.7. The van der Waals surface area contributed by atoms with Gasteiger partial charge in [0.05, 0.1) is 0 Å². The molecule has 0 radical (unpaired) electrons. The Morgan fingerprint density at radius 3 is 0.556 bits per heavy atom. The molecule has 0 saturated carbocycles. The molecule has 0 spiro atoms. The molecule has 0 heterocycles. The van der Waals surface area contributed by atoms with Gasteiger partial charge in [0.1, 0.15) is 34.9 Å². The molecule has 72 heavy (non-hydrogen) atoms. The normalized spacial score (nSPS) is 11.9. The van der Waals surface area contributed by atoms with Gasteiger partial charge in [-0.25, -0.2) is 26.3 Å². The highest BCUT2D eigenvalue weighted by Crippen LogP contribution is 2.47. The number of rotatable bonds is 12. The molecule has 10 rings (SSSR count). The molecule has 0 amide bonds. The molecule has 0 aliphatic heterocycles. The van der Waals surface area contributed by atoms with E-state index in [4.69, 9.17) is 0 Å². The fourth-order valence-corrected chi connectivity index (χ4v) is 17.0. The molecule has 0 saturated heterocycles. The molecule has 10 aromatic rings. The Morgan fingerprint density at radius 1 is 0.194 bits per heavy atom. The third kappa shape index (κ3) is 9.17. The second-order valence-corrected chi connectivity index (χ2v) is 25.4. The zero-order valence-electron chi connectivity index (χ0n) is 37.9. The van der Waals surface area contributed by atoms with Gasteiger partial charge >= 0.3 is 0 Å². The Hall–Kier alpha value is -7.53. The van der Waals surface area contributed by atoms with Crippen LogP contribution in [-0.2, 0) is 13.7 Å². The minimum absolute atomic E-state index is 0.328. The van der Waals surface area contributed by atoms with Crippen LogP contribution in [0.5, 0.6) is 0 Å². The average molecular weight is 1010 g/mol. The Kier molecular flexibility index (Phi) is 13.1. The van der Waals surface area contributed by atoms with Gasteiger partial charge < -0.3 is 13.7 Å². The molecule has 12 heteroatoms. The Bertz CT molecular complexity index is 3220. The first-order valence-corrected chi connectivity index (χ1v) is 27.7. The van der Waals surface area contributed by atoms with E-state index in [1.54, 1.807) is 54.6 Å². The first-order valence-electron chi connectivity index (χ1n) is 22.6. The summed E-state index contributed by atoms with van der Waals surface area (Å²) in [7, 11) is -11.3. The van der Waals surface area contributed by atoms with Gasteiger partial charge in [0.25, 0.3) is 0 Å². The third-order valence-corrected chi connectivity index (χ3v) is 21.9. The van der Waals surface area contributed by atoms with Crippen molar-refractivity contribution in [2.75, 3.05) is 0 Å². The van der Waals surface area contributed by atoms with Gasteiger partial charge in [0, 0.05) is 47.7 Å². The SMILES string of the molecule is O=P(c1ccc(F)cc1)(c1ccc(F)cc1)c1cccc(-c2cc(-c3cccc(P(=O)(c4ccc(F)cc4)c4ccc(F)cc4)c3)cc(-c3cccc(P(=O)(c4ccc(F)cc4)c4ccc(F)cc4)c3)c2)c1. The maximum absolute atomic E-state index is 15.6. The van der Waals surface area contributed by atoms with Gasteiger partial charge in [-0.05, 0) is 215 Å². The van der Waals surface area contributed by atoms with Crippen molar-refractivity contribution in [1.82, 2.24) is 0 Å². The molecule has 0 aromatic heterocycles. The predicted octanol–water partition coefficient (Wildman–Crippen LogP) is 12.4. The molecule has 0 bridgehead atoms. The maximum atomic E-state index is 15.6. The summed E-state index contributed by atoms with van der Waals surface area (Å²) < 4.78 is 133. The van der Waals surface area contributed by atoms with Crippen LogP contribution in [0.3, 0.4) is 0 Å². The van der Waals surface area contributed by atoms with Crippen LogP contribution in [0.1, 0.15) is 0 Å². The summed E-state index contributed by atoms with van der Waals surface area (Å²) in [6.07, 6.45) is 0. The second-order valence-electron chi connectivity index (χ2n) is 17.1. The quantitative estimate of drug-likeness (QED) is 0.0905. The minimum atomic E-state index is -3.77. The van der Waals surface area contributed by atoms with E-state index >= 15 is 13.7 Å². The van der Waals surface area contributed by atoms with E-state index in [2.05, 4.69) is 0 Å². The van der Waals surface area contributed by atoms with Gasteiger partial charge in [-0.1, -0.05) is 54.6 Å². The summed E-state index contributed by atoms with van der Waals surface area (Å²) in [5.41, 5.74) is 3.72. The standard InChI is InChI=1S/C60H39F6O3P3/c61-46-10-22-52(23-11-46)70(67,53-24-12-47(62)13-25-53)58-7-1-4-40(37-58)43-34-44(41-5-2-8-59(38-41)71(68,54-26-14-48(63)15-27-54)55-28-16-49(64)17-29-55)36-45(35-43)42-6-3-9-60(39-42)72(69,56-30-18-50(65)19-31-56)57-32-20-51(66)21-33-57/h1-39H. The highest BCUT2D eigenvalue weighted by atomic mass is 31.2. The van der Waals surface area contributed by atoms with E-state index in [0.717, 1.165) is 0 Å². The van der Waals surface area contributed by atoms with Gasteiger partial charge in [0.15, 0.2) is 21.4 Å². The van der Waals surface area contributed by atoms with E-state index in [9.17, 15) is 26.3 Å². The van der Waals surface area contributed by atoms with Gasteiger partial charge in [-0.2, -0.15) is 0 Å². The Labute approximate surface area is 412 Å². The largest absolute Gasteiger partial charge is 0.309 e. The molecule has 0 atom stereocenters. The van der Waals surface area contributed by atoms with Crippen LogP contribution in [0.2, 0.25) is 0 Å². The molecule has 10 aromatic carbocycles. The summed E-state index contributed by atoms with van der Waals surface area (Å²) in [6, 6.07) is 59.1. The zero-order chi connectivity index (χ0) is 50.2. The fourth-order valence-electron chi connectivity index (χ4n) is 9.02. The van der Waals surface area contributed by atoms with Gasteiger partial charge in [-0.3, -0.25) is 0 Å². The van der Waals surface area contributed by atoms with Crippen LogP contribution < -0.4 is 47.7 Å². The lowest BCUT2D eigenvalue weighted by molar-refractivity contribution is 0.591. The molecular weight excluding hydrogens is 976 g/mol. The van der Waals surface area contributed by atoms with Crippen LogP contribution in [0.25, 0.3) is 33.4 Å². The van der Waals surface area contributed by atoms with Gasteiger partial charge in [-0.15, -0.1) is 0 Å². The number of hydrogen-bond acceptors (Lipinski definition) is 3. The summed E-state index contributed by atoms with van der Waals surface area (Å²) in [6.45, 7) is 0. The fraction of sp³-hybridized carbons (Fsp3) is 0. The predicted molar refractivity (Wildman–Crippen MR) is 281 cm³/mol. The average Bonchev–Trinajstić information content (AvgIpc) is 3.41. The van der Waals surface area contributed by atoms with E-state index in [1.807, 2.05) is 36.4 Å². The molecule has 0 aliphatic carbocycles. The second kappa shape index (κ2) is 19.6. The van der Waals surface area contributed by atoms with E-state index in [0.29, 0.717) is 81.1 Å². The topological polar surface area (TPSA) is 51.2 Å². The maximum Gasteiger partial charge on any atom is 0.171 e. The Balaban J connectivity index is 1.18. The summed E-state index contributed by atoms with van der Waals surface area (Å²) in [4.78, 5) is 0. The Morgan fingerprint density at radius 2 is 0.375 bits per heavy atom. The van der Waals surface area contributed by atoms with Crippen molar-refractivity contribution in [3.63, 3.8) is 0 Å². The number of benzene rings is 10. The smallest absolute Gasteiger partial charge is 0.171 e. The van der Waals surface area contributed by atoms with Crippen LogP contribution >= 0.6 is 21.4 Å². The molecule has 0 N–H and O–H groups in total. The third-order valence-electron chi connectivity index (χ3n) is 12.7. The molecular formula is C60H39F6O3P3. The van der Waals surface area contributed by atoms with Gasteiger partial charge in [0.2, 0.25) is 0 Å². The lowest BCUT2D eigenvalue weighted by Crippen LogP contribution is -2.25. The lowest BCUT2D eigenvalue weighted by atomic mass is 9.93. The summed E-state index contributed by atoms with van der Waals surface area (Å²) >= 11 is 0. The lowest BCUT2D eigenvalue weighted by Gasteiger charge is -2.22. The summed E-state index contributed by atoms with van der Waals surface area (Å²) in [5, 5.41) is 3.12. The van der Waals surface area contributed by atoms with Crippen LogP contribution in [0.4, 0.5) is 26.3 Å². The van der Waals surface area contributed by atoms with Crippen molar-refractivity contribution >= 4 is 69.2 Å². The van der Waals surface area contributed by atoms with E-state index < -0.39 is 56.3 Å². The molecule has 3 nitrogen and oxygen atoms in total.